The highest BCUT2D eigenvalue weighted by molar-refractivity contribution is 5.10. The summed E-state index contributed by atoms with van der Waals surface area (Å²) in [6.45, 7) is 5.18. The summed E-state index contributed by atoms with van der Waals surface area (Å²) in [6.07, 6.45) is 11.9. The summed E-state index contributed by atoms with van der Waals surface area (Å²) in [4.78, 5) is 0. The molecule has 0 unspecified atom stereocenters. The second-order valence-corrected chi connectivity index (χ2v) is 9.55. The zero-order chi connectivity index (χ0) is 15.5. The van der Waals surface area contributed by atoms with Gasteiger partial charge in [0, 0.05) is 6.04 Å². The molecule has 22 heavy (non-hydrogen) atoms. The van der Waals surface area contributed by atoms with Gasteiger partial charge in [-0.2, -0.15) is 0 Å². The highest BCUT2D eigenvalue weighted by Crippen LogP contribution is 2.66. The van der Waals surface area contributed by atoms with Gasteiger partial charge in [0.25, 0.3) is 0 Å². The van der Waals surface area contributed by atoms with Crippen molar-refractivity contribution in [3.63, 3.8) is 0 Å². The summed E-state index contributed by atoms with van der Waals surface area (Å²) in [5.41, 5.74) is 1.08. The van der Waals surface area contributed by atoms with Gasteiger partial charge in [-0.05, 0) is 99.3 Å². The number of hydrogen-bond donors (Lipinski definition) is 2. The monoisotopic (exact) mass is 305 g/mol. The van der Waals surface area contributed by atoms with Gasteiger partial charge < -0.3 is 10.4 Å². The Morgan fingerprint density at radius 1 is 0.864 bits per heavy atom. The zero-order valence-corrected chi connectivity index (χ0v) is 14.8. The summed E-state index contributed by atoms with van der Waals surface area (Å²) in [5.74, 6) is 3.65. The molecule has 0 spiro atoms. The molecule has 0 aliphatic heterocycles. The highest BCUT2D eigenvalue weighted by Gasteiger charge is 2.59. The van der Waals surface area contributed by atoms with Crippen molar-refractivity contribution in [3.05, 3.63) is 0 Å². The van der Waals surface area contributed by atoms with E-state index in [0.29, 0.717) is 10.8 Å². The van der Waals surface area contributed by atoms with Gasteiger partial charge in [-0.15, -0.1) is 0 Å². The number of fused-ring (bicyclic) bond motifs is 5. The van der Waals surface area contributed by atoms with E-state index in [2.05, 4.69) is 26.2 Å². The lowest BCUT2D eigenvalue weighted by atomic mass is 9.45. The van der Waals surface area contributed by atoms with Gasteiger partial charge in [0.05, 0.1) is 6.10 Å². The maximum atomic E-state index is 10.1. The van der Waals surface area contributed by atoms with Crippen molar-refractivity contribution in [1.29, 1.82) is 0 Å². The van der Waals surface area contributed by atoms with Crippen molar-refractivity contribution in [3.8, 4) is 0 Å². The fourth-order valence-corrected chi connectivity index (χ4v) is 7.71. The summed E-state index contributed by atoms with van der Waals surface area (Å²) < 4.78 is 0. The van der Waals surface area contributed by atoms with Crippen LogP contribution in [0.5, 0.6) is 0 Å². The lowest BCUT2D eigenvalue weighted by molar-refractivity contribution is -0.123. The minimum absolute atomic E-state index is 0.0105. The predicted molar refractivity (Wildman–Crippen MR) is 90.6 cm³/mol. The quantitative estimate of drug-likeness (QED) is 0.768. The Hall–Kier alpha value is -0.0800. The molecule has 4 aliphatic rings. The Labute approximate surface area is 136 Å². The molecule has 2 nitrogen and oxygen atoms in total. The number of nitrogens with one attached hydrogen (secondary N) is 1. The molecule has 0 bridgehead atoms. The van der Waals surface area contributed by atoms with Crippen LogP contribution in [0.3, 0.4) is 0 Å². The fraction of sp³-hybridized carbons (Fsp3) is 1.00. The van der Waals surface area contributed by atoms with E-state index in [1.807, 2.05) is 0 Å². The summed E-state index contributed by atoms with van der Waals surface area (Å²) in [7, 11) is 2.17. The molecular weight excluding hydrogens is 270 g/mol. The van der Waals surface area contributed by atoms with Gasteiger partial charge >= 0.3 is 0 Å². The first-order valence-electron chi connectivity index (χ1n) is 9.84. The predicted octanol–water partition coefficient (Wildman–Crippen LogP) is 3.98. The van der Waals surface area contributed by atoms with E-state index in [1.165, 1.54) is 44.9 Å². The third-order valence-electron chi connectivity index (χ3n) is 8.99. The second kappa shape index (κ2) is 5.21. The van der Waals surface area contributed by atoms with Crippen molar-refractivity contribution in [2.75, 3.05) is 7.05 Å². The number of hydrogen-bond acceptors (Lipinski definition) is 2. The Morgan fingerprint density at radius 3 is 2.36 bits per heavy atom. The first kappa shape index (κ1) is 15.4. The number of aliphatic hydroxyl groups is 1. The fourth-order valence-electron chi connectivity index (χ4n) is 7.71. The Balaban J connectivity index is 1.61. The summed E-state index contributed by atoms with van der Waals surface area (Å²) >= 11 is 0. The van der Waals surface area contributed by atoms with Gasteiger partial charge in [-0.3, -0.25) is 0 Å². The molecule has 2 heteroatoms. The zero-order valence-electron chi connectivity index (χ0n) is 14.8. The van der Waals surface area contributed by atoms with Gasteiger partial charge in [-0.25, -0.2) is 0 Å². The Morgan fingerprint density at radius 2 is 1.59 bits per heavy atom. The van der Waals surface area contributed by atoms with Crippen LogP contribution in [-0.4, -0.2) is 24.3 Å². The molecule has 4 fully saturated rings. The summed E-state index contributed by atoms with van der Waals surface area (Å²) in [5, 5.41) is 13.7. The number of rotatable bonds is 1. The lowest BCUT2D eigenvalue weighted by Gasteiger charge is -2.61. The molecule has 4 aliphatic carbocycles. The van der Waals surface area contributed by atoms with Gasteiger partial charge in [0.15, 0.2) is 0 Å². The first-order chi connectivity index (χ1) is 10.5. The van der Waals surface area contributed by atoms with Gasteiger partial charge in [-0.1, -0.05) is 13.8 Å². The maximum absolute atomic E-state index is 10.1. The third kappa shape index (κ3) is 1.99. The molecular formula is C20H35NO. The van der Waals surface area contributed by atoms with E-state index in [-0.39, 0.29) is 6.10 Å². The molecule has 4 saturated carbocycles. The SMILES string of the molecule is CN[C@H]1CC[C@H]2[C@@H]3CC[C@@H]4C[C@@H](O)CC[C@]4(C)[C@H]3CC[C@]12C. The van der Waals surface area contributed by atoms with Gasteiger partial charge in [0.2, 0.25) is 0 Å². The van der Waals surface area contributed by atoms with E-state index in [4.69, 9.17) is 0 Å². The standard InChI is InChI=1S/C20H35NO/c1-19-10-8-14(22)12-13(19)4-5-15-16-6-7-18(21-3)20(16,2)11-9-17(15)19/h13-18,21-22H,4-12H2,1-3H3/t13-,14+,15+,16+,17+,18+,19+,20+/m1/s1. The van der Waals surface area contributed by atoms with Crippen LogP contribution < -0.4 is 5.32 Å². The molecule has 2 N–H and O–H groups in total. The molecule has 0 aromatic heterocycles. The van der Waals surface area contributed by atoms with E-state index in [9.17, 15) is 5.11 Å². The van der Waals surface area contributed by atoms with Crippen molar-refractivity contribution in [1.82, 2.24) is 5.32 Å². The van der Waals surface area contributed by atoms with Crippen LogP contribution in [0.2, 0.25) is 0 Å². The Kier molecular flexibility index (Phi) is 3.66. The maximum Gasteiger partial charge on any atom is 0.0543 e. The van der Waals surface area contributed by atoms with E-state index in [0.717, 1.165) is 42.6 Å². The Bertz CT molecular complexity index is 437. The van der Waals surface area contributed by atoms with Crippen LogP contribution in [0.4, 0.5) is 0 Å². The third-order valence-corrected chi connectivity index (χ3v) is 8.99. The average Bonchev–Trinajstić information content (AvgIpc) is 2.84. The molecule has 0 saturated heterocycles. The molecule has 0 aromatic rings. The summed E-state index contributed by atoms with van der Waals surface area (Å²) in [6, 6.07) is 0.747. The van der Waals surface area contributed by atoms with Crippen LogP contribution in [0.15, 0.2) is 0 Å². The van der Waals surface area contributed by atoms with Crippen LogP contribution in [-0.2, 0) is 0 Å². The molecule has 0 aromatic carbocycles. The number of aliphatic hydroxyl groups excluding tert-OH is 1. The largest absolute Gasteiger partial charge is 0.393 e. The van der Waals surface area contributed by atoms with Crippen LogP contribution >= 0.6 is 0 Å². The van der Waals surface area contributed by atoms with E-state index < -0.39 is 0 Å². The van der Waals surface area contributed by atoms with Crippen molar-refractivity contribution < 1.29 is 5.11 Å². The first-order valence-corrected chi connectivity index (χ1v) is 9.84. The lowest BCUT2D eigenvalue weighted by Crippen LogP contribution is -2.55. The normalized spacial score (nSPS) is 57.8. The van der Waals surface area contributed by atoms with E-state index >= 15 is 0 Å². The van der Waals surface area contributed by atoms with Gasteiger partial charge in [0.1, 0.15) is 0 Å². The topological polar surface area (TPSA) is 32.3 Å². The van der Waals surface area contributed by atoms with Crippen LogP contribution in [0.25, 0.3) is 0 Å². The minimum Gasteiger partial charge on any atom is -0.393 e. The highest BCUT2D eigenvalue weighted by atomic mass is 16.3. The molecule has 0 radical (unpaired) electrons. The van der Waals surface area contributed by atoms with Crippen molar-refractivity contribution in [2.24, 2.45) is 34.5 Å². The average molecular weight is 306 g/mol. The van der Waals surface area contributed by atoms with E-state index in [1.54, 1.807) is 0 Å². The van der Waals surface area contributed by atoms with Crippen molar-refractivity contribution >= 4 is 0 Å². The van der Waals surface area contributed by atoms with Crippen LogP contribution in [0.1, 0.15) is 71.6 Å². The van der Waals surface area contributed by atoms with Crippen molar-refractivity contribution in [2.45, 2.75) is 83.8 Å². The minimum atomic E-state index is -0.0105. The molecule has 126 valence electrons. The molecule has 8 atom stereocenters. The smallest absolute Gasteiger partial charge is 0.0543 e. The molecule has 4 rings (SSSR count). The molecule has 0 amide bonds. The second-order valence-electron chi connectivity index (χ2n) is 9.55. The van der Waals surface area contributed by atoms with Crippen LogP contribution in [0, 0.1) is 34.5 Å². The molecule has 0 heterocycles.